The minimum atomic E-state index is 0.0960. The first-order valence-corrected chi connectivity index (χ1v) is 7.83. The van der Waals surface area contributed by atoms with E-state index in [1.165, 1.54) is 25.9 Å². The molecule has 0 aliphatic carbocycles. The van der Waals surface area contributed by atoms with Gasteiger partial charge in [0, 0.05) is 29.7 Å². The van der Waals surface area contributed by atoms with Crippen molar-refractivity contribution in [3.8, 4) is 0 Å². The largest absolute Gasteiger partial charge is 0.398 e. The Kier molecular flexibility index (Phi) is 5.00. The second-order valence-electron chi connectivity index (χ2n) is 5.89. The average Bonchev–Trinajstić information content (AvgIpc) is 2.98. The fourth-order valence-electron chi connectivity index (χ4n) is 3.65. The van der Waals surface area contributed by atoms with Crippen molar-refractivity contribution < 1.29 is 0 Å². The number of hydrogen-bond donors (Lipinski definition) is 2. The summed E-state index contributed by atoms with van der Waals surface area (Å²) >= 11 is 0. The van der Waals surface area contributed by atoms with Gasteiger partial charge in [-0.25, -0.2) is 0 Å². The molecule has 4 N–H and O–H groups in total. The molecule has 0 bridgehead atoms. The van der Waals surface area contributed by atoms with Gasteiger partial charge in [0.05, 0.1) is 0 Å². The van der Waals surface area contributed by atoms with Gasteiger partial charge in [0.25, 0.3) is 0 Å². The zero-order valence-corrected chi connectivity index (χ0v) is 12.8. The van der Waals surface area contributed by atoms with Crippen LogP contribution in [0.2, 0.25) is 0 Å². The van der Waals surface area contributed by atoms with Gasteiger partial charge in [0.15, 0.2) is 0 Å². The van der Waals surface area contributed by atoms with E-state index in [0.717, 1.165) is 30.5 Å². The summed E-state index contributed by atoms with van der Waals surface area (Å²) in [5.74, 6) is 0. The molecular weight excluding hydrogens is 248 g/mol. The number of likely N-dealkylation sites (tertiary alicyclic amines) is 1. The van der Waals surface area contributed by atoms with Crippen LogP contribution in [0, 0.1) is 0 Å². The number of aromatic nitrogens is 1. The number of hydrogen-bond acceptors (Lipinski definition) is 4. The predicted molar refractivity (Wildman–Crippen MR) is 84.4 cm³/mol. The molecule has 1 aromatic heterocycles. The molecule has 0 radical (unpaired) electrons. The molecule has 4 nitrogen and oxygen atoms in total. The Balaban J connectivity index is 2.18. The van der Waals surface area contributed by atoms with Crippen molar-refractivity contribution in [3.63, 3.8) is 0 Å². The molecule has 1 fully saturated rings. The molecule has 0 amide bonds. The van der Waals surface area contributed by atoms with Crippen LogP contribution in [0.5, 0.6) is 0 Å². The van der Waals surface area contributed by atoms with Crippen molar-refractivity contribution in [2.75, 3.05) is 18.8 Å². The molecule has 1 aliphatic heterocycles. The molecule has 1 saturated heterocycles. The first kappa shape index (κ1) is 15.3. The molecule has 0 spiro atoms. The Bertz CT molecular complexity index is 422. The number of rotatable bonds is 6. The van der Waals surface area contributed by atoms with E-state index < -0.39 is 0 Å². The number of anilines is 1. The predicted octanol–water partition coefficient (Wildman–Crippen LogP) is 2.19. The smallest absolute Gasteiger partial charge is 0.0378 e. The fraction of sp³-hybridized carbons (Fsp3) is 0.688. The van der Waals surface area contributed by atoms with Gasteiger partial charge in [0.2, 0.25) is 0 Å². The molecule has 112 valence electrons. The quantitative estimate of drug-likeness (QED) is 0.835. The Morgan fingerprint density at radius 2 is 1.95 bits per heavy atom. The standard InChI is InChI=1S/C16H28N4/c1-3-16(4-2,20-9-5-6-10-20)15(18)11-13-12-19-8-7-14(13)17/h7-8,12,15H,3-6,9-11,18H2,1-2H3,(H2,17,19). The maximum atomic E-state index is 6.63. The summed E-state index contributed by atoms with van der Waals surface area (Å²) in [7, 11) is 0. The Morgan fingerprint density at radius 1 is 1.30 bits per heavy atom. The number of nitrogens with zero attached hydrogens (tertiary/aromatic N) is 2. The van der Waals surface area contributed by atoms with Crippen LogP contribution in [0.4, 0.5) is 5.69 Å². The maximum absolute atomic E-state index is 6.63. The van der Waals surface area contributed by atoms with E-state index in [1.54, 1.807) is 6.20 Å². The van der Waals surface area contributed by atoms with Crippen LogP contribution in [-0.4, -0.2) is 34.6 Å². The monoisotopic (exact) mass is 276 g/mol. The van der Waals surface area contributed by atoms with Crippen molar-refractivity contribution in [2.45, 2.75) is 57.5 Å². The first-order chi connectivity index (χ1) is 9.64. The highest BCUT2D eigenvalue weighted by atomic mass is 15.2. The SMILES string of the molecule is CCC(CC)(C(N)Cc1cnccc1N)N1CCCC1. The molecular formula is C16H28N4. The summed E-state index contributed by atoms with van der Waals surface area (Å²) < 4.78 is 0. The number of pyridine rings is 1. The van der Waals surface area contributed by atoms with Crippen molar-refractivity contribution in [1.82, 2.24) is 9.88 Å². The Hall–Kier alpha value is -1.13. The van der Waals surface area contributed by atoms with E-state index in [1.807, 2.05) is 12.3 Å². The summed E-state index contributed by atoms with van der Waals surface area (Å²) in [6.45, 7) is 6.87. The lowest BCUT2D eigenvalue weighted by Crippen LogP contribution is -2.59. The molecule has 2 heterocycles. The second-order valence-corrected chi connectivity index (χ2v) is 5.89. The maximum Gasteiger partial charge on any atom is 0.0378 e. The van der Waals surface area contributed by atoms with Crippen LogP contribution in [0.25, 0.3) is 0 Å². The highest BCUT2D eigenvalue weighted by Gasteiger charge is 2.40. The van der Waals surface area contributed by atoms with Gasteiger partial charge in [0.1, 0.15) is 0 Å². The third-order valence-electron chi connectivity index (χ3n) is 5.03. The van der Waals surface area contributed by atoms with Gasteiger partial charge >= 0.3 is 0 Å². The van der Waals surface area contributed by atoms with Crippen LogP contribution in [0.1, 0.15) is 45.1 Å². The van der Waals surface area contributed by atoms with Gasteiger partial charge in [-0.2, -0.15) is 0 Å². The normalized spacial score (nSPS) is 18.4. The lowest BCUT2D eigenvalue weighted by atomic mass is 9.80. The fourth-order valence-corrected chi connectivity index (χ4v) is 3.65. The van der Waals surface area contributed by atoms with Gasteiger partial charge in [-0.3, -0.25) is 9.88 Å². The van der Waals surface area contributed by atoms with Crippen molar-refractivity contribution in [3.05, 3.63) is 24.0 Å². The van der Waals surface area contributed by atoms with E-state index in [0.29, 0.717) is 0 Å². The zero-order chi connectivity index (χ0) is 14.6. The highest BCUT2D eigenvalue weighted by molar-refractivity contribution is 5.44. The van der Waals surface area contributed by atoms with E-state index in [-0.39, 0.29) is 11.6 Å². The highest BCUT2D eigenvalue weighted by Crippen LogP contribution is 2.32. The molecule has 1 unspecified atom stereocenters. The summed E-state index contributed by atoms with van der Waals surface area (Å²) in [5.41, 5.74) is 14.6. The van der Waals surface area contributed by atoms with E-state index in [9.17, 15) is 0 Å². The molecule has 0 aromatic carbocycles. The van der Waals surface area contributed by atoms with Crippen LogP contribution in [0.15, 0.2) is 18.5 Å². The van der Waals surface area contributed by atoms with Gasteiger partial charge in [-0.15, -0.1) is 0 Å². The molecule has 0 saturated carbocycles. The topological polar surface area (TPSA) is 68.2 Å². The molecule has 1 aliphatic rings. The van der Waals surface area contributed by atoms with Crippen molar-refractivity contribution in [1.29, 1.82) is 0 Å². The first-order valence-electron chi connectivity index (χ1n) is 7.83. The van der Waals surface area contributed by atoms with Gasteiger partial charge in [-0.1, -0.05) is 13.8 Å². The van der Waals surface area contributed by atoms with E-state index in [4.69, 9.17) is 11.5 Å². The number of nitrogen functional groups attached to an aromatic ring is 1. The Labute approximate surface area is 122 Å². The molecule has 1 atom stereocenters. The third kappa shape index (κ3) is 2.81. The van der Waals surface area contributed by atoms with Crippen LogP contribution in [0.3, 0.4) is 0 Å². The van der Waals surface area contributed by atoms with Crippen LogP contribution in [-0.2, 0) is 6.42 Å². The molecule has 1 aromatic rings. The van der Waals surface area contributed by atoms with Crippen molar-refractivity contribution in [2.24, 2.45) is 5.73 Å². The lowest BCUT2D eigenvalue weighted by molar-refractivity contribution is 0.0768. The molecule has 20 heavy (non-hydrogen) atoms. The number of nitrogens with two attached hydrogens (primary N) is 2. The minimum absolute atomic E-state index is 0.0960. The van der Waals surface area contributed by atoms with Crippen LogP contribution >= 0.6 is 0 Å². The lowest BCUT2D eigenvalue weighted by Gasteiger charge is -2.45. The average molecular weight is 276 g/mol. The molecule has 2 rings (SSSR count). The third-order valence-corrected chi connectivity index (χ3v) is 5.03. The summed E-state index contributed by atoms with van der Waals surface area (Å²) in [6.07, 6.45) is 9.16. The zero-order valence-electron chi connectivity index (χ0n) is 12.8. The summed E-state index contributed by atoms with van der Waals surface area (Å²) in [5, 5.41) is 0. The van der Waals surface area contributed by atoms with Gasteiger partial charge in [-0.05, 0) is 56.8 Å². The minimum Gasteiger partial charge on any atom is -0.398 e. The van der Waals surface area contributed by atoms with Gasteiger partial charge < -0.3 is 11.5 Å². The van der Waals surface area contributed by atoms with E-state index >= 15 is 0 Å². The summed E-state index contributed by atoms with van der Waals surface area (Å²) in [4.78, 5) is 6.78. The molecule has 4 heteroatoms. The summed E-state index contributed by atoms with van der Waals surface area (Å²) in [6, 6.07) is 1.96. The second kappa shape index (κ2) is 6.55. The Morgan fingerprint density at radius 3 is 2.50 bits per heavy atom. The van der Waals surface area contributed by atoms with E-state index in [2.05, 4.69) is 23.7 Å². The van der Waals surface area contributed by atoms with Crippen LogP contribution < -0.4 is 11.5 Å². The van der Waals surface area contributed by atoms with Crippen molar-refractivity contribution >= 4 is 5.69 Å².